The quantitative estimate of drug-likeness (QED) is 0.174. The summed E-state index contributed by atoms with van der Waals surface area (Å²) in [5, 5.41) is 32.5. The predicted molar refractivity (Wildman–Crippen MR) is 80.5 cm³/mol. The standard InChI is InChI=1S/C12H21N5O8/c13-5(3-18)10(23)17-7(4-19)12(25)16-6(1-8(14)20)11(24)15-2-9(21)22/h5-7,18-19H,1-4,13H2,(H2,14,20)(H,15,24)(H,16,25)(H,17,23)(H,21,22)/t5-,6-,7-/m0/s1. The number of nitrogens with one attached hydrogen (secondary N) is 3. The number of carboxylic acid groups (broad SMARTS) is 1. The Bertz CT molecular complexity index is 526. The van der Waals surface area contributed by atoms with E-state index < -0.39 is 73.9 Å². The highest BCUT2D eigenvalue weighted by atomic mass is 16.4. The summed E-state index contributed by atoms with van der Waals surface area (Å²) in [5.74, 6) is -5.28. The van der Waals surface area contributed by atoms with Gasteiger partial charge in [0.15, 0.2) is 0 Å². The van der Waals surface area contributed by atoms with Crippen molar-refractivity contribution in [2.75, 3.05) is 19.8 Å². The van der Waals surface area contributed by atoms with Crippen LogP contribution in [-0.2, 0) is 24.0 Å². The van der Waals surface area contributed by atoms with E-state index in [-0.39, 0.29) is 0 Å². The van der Waals surface area contributed by atoms with E-state index in [4.69, 9.17) is 26.8 Å². The minimum Gasteiger partial charge on any atom is -0.480 e. The van der Waals surface area contributed by atoms with Gasteiger partial charge in [0, 0.05) is 0 Å². The van der Waals surface area contributed by atoms with E-state index in [0.717, 1.165) is 0 Å². The van der Waals surface area contributed by atoms with Crippen molar-refractivity contribution in [2.45, 2.75) is 24.5 Å². The minimum absolute atomic E-state index is 0.639. The molecular formula is C12H21N5O8. The van der Waals surface area contributed by atoms with Gasteiger partial charge in [0.2, 0.25) is 23.6 Å². The number of carboxylic acids is 1. The van der Waals surface area contributed by atoms with Crippen molar-refractivity contribution >= 4 is 29.6 Å². The zero-order valence-corrected chi connectivity index (χ0v) is 13.1. The van der Waals surface area contributed by atoms with Gasteiger partial charge in [-0.1, -0.05) is 0 Å². The summed E-state index contributed by atoms with van der Waals surface area (Å²) in [6.07, 6.45) is -0.639. The molecule has 4 amide bonds. The molecular weight excluding hydrogens is 342 g/mol. The number of primary amides is 1. The summed E-state index contributed by atoms with van der Waals surface area (Å²) in [4.78, 5) is 56.8. The fourth-order valence-electron chi connectivity index (χ4n) is 1.52. The molecule has 0 aromatic carbocycles. The highest BCUT2D eigenvalue weighted by molar-refractivity contribution is 5.95. The van der Waals surface area contributed by atoms with Gasteiger partial charge in [0.25, 0.3) is 0 Å². The van der Waals surface area contributed by atoms with Crippen LogP contribution in [-0.4, -0.2) is 82.8 Å². The van der Waals surface area contributed by atoms with Crippen molar-refractivity contribution in [1.82, 2.24) is 16.0 Å². The van der Waals surface area contributed by atoms with Crippen LogP contribution in [0.15, 0.2) is 0 Å². The van der Waals surface area contributed by atoms with Gasteiger partial charge >= 0.3 is 5.97 Å². The molecule has 0 aliphatic heterocycles. The Balaban J connectivity index is 4.96. The Morgan fingerprint density at radius 3 is 1.88 bits per heavy atom. The number of rotatable bonds is 11. The first kappa shape index (κ1) is 22.2. The first-order chi connectivity index (χ1) is 11.6. The fourth-order valence-corrected chi connectivity index (χ4v) is 1.52. The molecule has 0 unspecified atom stereocenters. The van der Waals surface area contributed by atoms with Gasteiger partial charge in [0.1, 0.15) is 24.7 Å². The summed E-state index contributed by atoms with van der Waals surface area (Å²) in [7, 11) is 0. The lowest BCUT2D eigenvalue weighted by Crippen LogP contribution is -2.58. The molecule has 0 aromatic heterocycles. The Hall–Kier alpha value is -2.77. The highest BCUT2D eigenvalue weighted by Gasteiger charge is 2.28. The van der Waals surface area contributed by atoms with Crippen molar-refractivity contribution in [3.8, 4) is 0 Å². The van der Waals surface area contributed by atoms with Crippen LogP contribution >= 0.6 is 0 Å². The number of aliphatic carboxylic acids is 1. The SMILES string of the molecule is NC(=O)C[C@H](NC(=O)[C@H](CO)NC(=O)[C@@H](N)CO)C(=O)NCC(=O)O. The second kappa shape index (κ2) is 10.9. The normalized spacial score (nSPS) is 13.9. The lowest BCUT2D eigenvalue weighted by molar-refractivity contribution is -0.139. The smallest absolute Gasteiger partial charge is 0.322 e. The maximum Gasteiger partial charge on any atom is 0.322 e. The maximum absolute atomic E-state index is 12.0. The van der Waals surface area contributed by atoms with Crippen LogP contribution in [0.5, 0.6) is 0 Å². The Morgan fingerprint density at radius 1 is 0.880 bits per heavy atom. The zero-order chi connectivity index (χ0) is 19.6. The van der Waals surface area contributed by atoms with Crippen molar-refractivity contribution in [3.05, 3.63) is 0 Å². The second-order valence-electron chi connectivity index (χ2n) is 4.88. The lowest BCUT2D eigenvalue weighted by Gasteiger charge is -2.22. The van der Waals surface area contributed by atoms with Crippen LogP contribution in [0, 0.1) is 0 Å². The van der Waals surface area contributed by atoms with Crippen LogP contribution in [0.2, 0.25) is 0 Å². The topological polar surface area (TPSA) is 234 Å². The van der Waals surface area contributed by atoms with Crippen LogP contribution in [0.3, 0.4) is 0 Å². The summed E-state index contributed by atoms with van der Waals surface area (Å²) >= 11 is 0. The third kappa shape index (κ3) is 8.59. The first-order valence-corrected chi connectivity index (χ1v) is 6.98. The van der Waals surface area contributed by atoms with E-state index in [1.54, 1.807) is 0 Å². The average Bonchev–Trinajstić information content (AvgIpc) is 2.54. The molecule has 0 rings (SSSR count). The van der Waals surface area contributed by atoms with Gasteiger partial charge in [-0.15, -0.1) is 0 Å². The molecule has 0 saturated carbocycles. The summed E-state index contributed by atoms with van der Waals surface area (Å²) < 4.78 is 0. The molecule has 0 spiro atoms. The molecule has 0 bridgehead atoms. The first-order valence-electron chi connectivity index (χ1n) is 6.98. The molecule has 0 heterocycles. The molecule has 13 nitrogen and oxygen atoms in total. The molecule has 0 saturated heterocycles. The van der Waals surface area contributed by atoms with Crippen molar-refractivity contribution in [3.63, 3.8) is 0 Å². The van der Waals surface area contributed by atoms with Gasteiger partial charge in [-0.3, -0.25) is 24.0 Å². The molecule has 142 valence electrons. The Labute approximate surface area is 141 Å². The number of aliphatic hydroxyl groups is 2. The fraction of sp³-hybridized carbons (Fsp3) is 0.583. The Morgan fingerprint density at radius 2 is 1.44 bits per heavy atom. The number of amides is 4. The summed E-state index contributed by atoms with van der Waals surface area (Å²) in [6, 6.07) is -4.36. The average molecular weight is 363 g/mol. The van der Waals surface area contributed by atoms with E-state index in [1.165, 1.54) is 0 Å². The predicted octanol–water partition coefficient (Wildman–Crippen LogP) is -5.66. The molecule has 0 fully saturated rings. The van der Waals surface area contributed by atoms with Crippen LogP contribution in [0.25, 0.3) is 0 Å². The molecule has 0 radical (unpaired) electrons. The van der Waals surface area contributed by atoms with Crippen molar-refractivity contribution in [1.29, 1.82) is 0 Å². The Kier molecular flexibility index (Phi) is 9.69. The molecule has 0 aliphatic rings. The van der Waals surface area contributed by atoms with Crippen LogP contribution < -0.4 is 27.4 Å². The van der Waals surface area contributed by atoms with E-state index >= 15 is 0 Å². The molecule has 3 atom stereocenters. The van der Waals surface area contributed by atoms with Gasteiger partial charge in [-0.2, -0.15) is 0 Å². The summed E-state index contributed by atoms with van der Waals surface area (Å²) in [5.41, 5.74) is 10.2. The monoisotopic (exact) mass is 363 g/mol. The molecule has 10 N–H and O–H groups in total. The van der Waals surface area contributed by atoms with E-state index in [1.807, 2.05) is 10.6 Å². The van der Waals surface area contributed by atoms with E-state index in [0.29, 0.717) is 0 Å². The number of hydrogen-bond acceptors (Lipinski definition) is 8. The zero-order valence-electron chi connectivity index (χ0n) is 13.1. The van der Waals surface area contributed by atoms with Crippen molar-refractivity contribution < 1.29 is 39.3 Å². The number of nitrogens with two attached hydrogens (primary N) is 2. The summed E-state index contributed by atoms with van der Waals surface area (Å²) in [6.45, 7) is -2.32. The third-order valence-electron chi connectivity index (χ3n) is 2.80. The molecule has 25 heavy (non-hydrogen) atoms. The van der Waals surface area contributed by atoms with Gasteiger partial charge in [0.05, 0.1) is 19.6 Å². The number of aliphatic hydroxyl groups excluding tert-OH is 2. The second-order valence-corrected chi connectivity index (χ2v) is 4.88. The number of hydrogen-bond donors (Lipinski definition) is 8. The lowest BCUT2D eigenvalue weighted by atomic mass is 10.1. The van der Waals surface area contributed by atoms with Gasteiger partial charge < -0.3 is 42.7 Å². The van der Waals surface area contributed by atoms with E-state index in [2.05, 4.69) is 5.32 Å². The highest BCUT2D eigenvalue weighted by Crippen LogP contribution is 1.95. The molecule has 0 aromatic rings. The van der Waals surface area contributed by atoms with Crippen LogP contribution in [0.1, 0.15) is 6.42 Å². The van der Waals surface area contributed by atoms with E-state index in [9.17, 15) is 24.0 Å². The largest absolute Gasteiger partial charge is 0.480 e. The van der Waals surface area contributed by atoms with Crippen LogP contribution in [0.4, 0.5) is 0 Å². The number of carbonyl (C=O) groups is 5. The van der Waals surface area contributed by atoms with Crippen molar-refractivity contribution in [2.24, 2.45) is 11.5 Å². The maximum atomic E-state index is 12.0. The van der Waals surface area contributed by atoms with Gasteiger partial charge in [-0.05, 0) is 0 Å². The number of carbonyl (C=O) groups excluding carboxylic acids is 4. The molecule has 13 heteroatoms. The minimum atomic E-state index is -1.52. The van der Waals surface area contributed by atoms with Gasteiger partial charge in [-0.25, -0.2) is 0 Å². The molecule has 0 aliphatic carbocycles. The third-order valence-corrected chi connectivity index (χ3v) is 2.80.